The smallest absolute Gasteiger partial charge is 1.00 e. The van der Waals surface area contributed by atoms with Crippen molar-refractivity contribution in [3.8, 4) is 22.3 Å². The number of hydrogen-bond donors (Lipinski definition) is 0. The van der Waals surface area contributed by atoms with Gasteiger partial charge in [0.2, 0.25) is 0 Å². The van der Waals surface area contributed by atoms with Gasteiger partial charge in [-0.15, -0.1) is 69.1 Å². The summed E-state index contributed by atoms with van der Waals surface area (Å²) in [5.41, 5.74) is 8.54. The molecule has 8 aromatic carbocycles. The van der Waals surface area contributed by atoms with E-state index in [9.17, 15) is 0 Å². The molecule has 2 fully saturated rings. The van der Waals surface area contributed by atoms with Crippen LogP contribution in [0, 0.1) is 13.8 Å². The van der Waals surface area contributed by atoms with Crippen LogP contribution in [-0.2, 0) is 21.7 Å². The molecule has 3 heteroatoms. The van der Waals surface area contributed by atoms with E-state index >= 15 is 0 Å². The van der Waals surface area contributed by atoms with Crippen LogP contribution < -0.4 is 24.8 Å². The molecule has 54 heavy (non-hydrogen) atoms. The van der Waals surface area contributed by atoms with Gasteiger partial charge in [-0.2, -0.15) is 12.1 Å². The summed E-state index contributed by atoms with van der Waals surface area (Å²) in [7, 11) is 0. The van der Waals surface area contributed by atoms with Crippen LogP contribution in [-0.4, -0.2) is 0 Å². The van der Waals surface area contributed by atoms with E-state index in [2.05, 4.69) is 159 Å². The average Bonchev–Trinajstić information content (AvgIpc) is 4.01. The van der Waals surface area contributed by atoms with Gasteiger partial charge >= 0.3 is 21.7 Å². The van der Waals surface area contributed by atoms with E-state index in [4.69, 9.17) is 0 Å². The molecule has 0 aliphatic heterocycles. The molecular formula is C51H48Cl2Ti-4. The third kappa shape index (κ3) is 8.59. The first-order chi connectivity index (χ1) is 25.2. The maximum Gasteiger partial charge on any atom is 2.00 e. The molecule has 2 aliphatic rings. The van der Waals surface area contributed by atoms with Crippen molar-refractivity contribution in [2.24, 2.45) is 0 Å². The van der Waals surface area contributed by atoms with E-state index in [0.717, 1.165) is 18.3 Å². The van der Waals surface area contributed by atoms with Crippen molar-refractivity contribution in [1.82, 2.24) is 0 Å². The molecular weight excluding hydrogens is 731 g/mol. The van der Waals surface area contributed by atoms with Gasteiger partial charge in [0.1, 0.15) is 0 Å². The van der Waals surface area contributed by atoms with Crippen molar-refractivity contribution in [2.45, 2.75) is 69.6 Å². The first-order valence-electron chi connectivity index (χ1n) is 19.2. The van der Waals surface area contributed by atoms with Crippen molar-refractivity contribution in [3.63, 3.8) is 0 Å². The van der Waals surface area contributed by atoms with Gasteiger partial charge < -0.3 is 45.1 Å². The fourth-order valence-electron chi connectivity index (χ4n) is 8.90. The molecule has 0 saturated heterocycles. The van der Waals surface area contributed by atoms with Gasteiger partial charge in [-0.05, 0) is 70.2 Å². The van der Waals surface area contributed by atoms with Gasteiger partial charge in [-0.1, -0.05) is 134 Å². The fraction of sp³-hybridized carbons (Fsp3) is 0.216. The summed E-state index contributed by atoms with van der Waals surface area (Å²) in [4.78, 5) is 0. The minimum Gasteiger partial charge on any atom is -1.00 e. The Balaban J connectivity index is 0.000000184. The third-order valence-corrected chi connectivity index (χ3v) is 11.4. The van der Waals surface area contributed by atoms with Gasteiger partial charge in [0.25, 0.3) is 0 Å². The number of benzene rings is 6. The van der Waals surface area contributed by atoms with Gasteiger partial charge in [0, 0.05) is 0 Å². The second-order valence-electron chi connectivity index (χ2n) is 14.6. The molecule has 2 aliphatic carbocycles. The Hall–Kier alpha value is -3.65. The minimum atomic E-state index is 0. The van der Waals surface area contributed by atoms with Gasteiger partial charge in [0.15, 0.2) is 0 Å². The predicted octanol–water partition coefficient (Wildman–Crippen LogP) is 9.12. The van der Waals surface area contributed by atoms with Crippen molar-refractivity contribution in [1.29, 1.82) is 0 Å². The van der Waals surface area contributed by atoms with Crippen LogP contribution in [0.2, 0.25) is 0 Å². The number of halogens is 2. The Bertz CT molecular complexity index is 2220. The molecule has 0 amide bonds. The second-order valence-corrected chi connectivity index (χ2v) is 14.6. The minimum absolute atomic E-state index is 0. The molecule has 0 spiro atoms. The van der Waals surface area contributed by atoms with Gasteiger partial charge in [-0.3, -0.25) is 0 Å². The Labute approximate surface area is 349 Å². The van der Waals surface area contributed by atoms with Crippen LogP contribution >= 0.6 is 0 Å². The molecule has 0 unspecified atom stereocenters. The normalized spacial score (nSPS) is 14.1. The van der Waals surface area contributed by atoms with Crippen LogP contribution in [0.5, 0.6) is 0 Å². The summed E-state index contributed by atoms with van der Waals surface area (Å²) in [6.07, 6.45) is 11.8. The van der Waals surface area contributed by atoms with Crippen molar-refractivity contribution in [3.05, 3.63) is 171 Å². The van der Waals surface area contributed by atoms with E-state index in [1.54, 1.807) is 11.1 Å². The Morgan fingerprint density at radius 1 is 0.426 bits per heavy atom. The van der Waals surface area contributed by atoms with Crippen LogP contribution in [0.25, 0.3) is 65.3 Å². The zero-order valence-electron chi connectivity index (χ0n) is 31.0. The molecule has 0 heterocycles. The zero-order valence-corrected chi connectivity index (χ0v) is 34.1. The van der Waals surface area contributed by atoms with Crippen LogP contribution in [0.3, 0.4) is 0 Å². The fourth-order valence-corrected chi connectivity index (χ4v) is 8.90. The quantitative estimate of drug-likeness (QED) is 0.124. The van der Waals surface area contributed by atoms with E-state index < -0.39 is 0 Å². The topological polar surface area (TPSA) is 0 Å². The molecule has 0 atom stereocenters. The molecule has 0 radical (unpaired) electrons. The van der Waals surface area contributed by atoms with Crippen LogP contribution in [0.4, 0.5) is 0 Å². The summed E-state index contributed by atoms with van der Waals surface area (Å²) in [6.45, 7) is 6.75. The van der Waals surface area contributed by atoms with Gasteiger partial charge in [0.05, 0.1) is 0 Å². The maximum atomic E-state index is 3.38. The predicted molar refractivity (Wildman–Crippen MR) is 223 cm³/mol. The standard InChI is InChI=1S/2C24H21.C3H6.2ClH.Ti/c2*1-2-8-17(7-1)20-15-19-11-6-14-23(24(19)16-20)22-13-5-10-18-9-3-4-12-21(18)22;1-3-2;;;/h2*3-6,9-17H,1-2,7-8H2;1-3H2;2*1H;/q2*-1;-2;;;+2/p-2. The Morgan fingerprint density at radius 2 is 0.741 bits per heavy atom. The molecule has 0 N–H and O–H groups in total. The largest absolute Gasteiger partial charge is 2.00 e. The second kappa shape index (κ2) is 19.3. The zero-order chi connectivity index (χ0) is 34.6. The SMILES string of the molecule is [CH2-]C[CH2-].[Cl-].[Cl-].[Ti+2].c1ccc2c(-c3cccc4[cH-]c(C5CCCC5)cc34)cccc2c1.c1ccc2c(-c3cccc4[cH-]c(C5CCCC5)cc34)cccc2c1. The first kappa shape index (κ1) is 41.5. The van der Waals surface area contributed by atoms with E-state index in [1.165, 1.54) is 117 Å². The van der Waals surface area contributed by atoms with Crippen molar-refractivity contribution >= 4 is 43.1 Å². The van der Waals surface area contributed by atoms with E-state index in [-0.39, 0.29) is 46.5 Å². The number of hydrogen-bond acceptors (Lipinski definition) is 0. The number of rotatable bonds is 4. The summed E-state index contributed by atoms with van der Waals surface area (Å²) in [5, 5.41) is 10.9. The van der Waals surface area contributed by atoms with Crippen LogP contribution in [0.1, 0.15) is 80.8 Å². The van der Waals surface area contributed by atoms with E-state index in [0.29, 0.717) is 0 Å². The Kier molecular flexibility index (Phi) is 14.8. The van der Waals surface area contributed by atoms with Crippen LogP contribution in [0.15, 0.2) is 146 Å². The summed E-state index contributed by atoms with van der Waals surface area (Å²) in [5.74, 6) is 1.55. The molecule has 10 rings (SSSR count). The van der Waals surface area contributed by atoms with Gasteiger partial charge in [-0.25, -0.2) is 0 Å². The third-order valence-electron chi connectivity index (χ3n) is 11.4. The monoisotopic (exact) mass is 778 g/mol. The van der Waals surface area contributed by atoms with E-state index in [1.807, 2.05) is 0 Å². The van der Waals surface area contributed by atoms with Crippen molar-refractivity contribution < 1.29 is 46.5 Å². The molecule has 274 valence electrons. The molecule has 0 bridgehead atoms. The number of fused-ring (bicyclic) bond motifs is 4. The summed E-state index contributed by atoms with van der Waals surface area (Å²) in [6, 6.07) is 54.0. The average molecular weight is 780 g/mol. The molecule has 0 aromatic heterocycles. The first-order valence-corrected chi connectivity index (χ1v) is 19.2. The summed E-state index contributed by atoms with van der Waals surface area (Å²) >= 11 is 0. The molecule has 2 saturated carbocycles. The maximum absolute atomic E-state index is 3.38. The summed E-state index contributed by atoms with van der Waals surface area (Å²) < 4.78 is 0. The molecule has 8 aromatic rings. The molecule has 0 nitrogen and oxygen atoms in total. The van der Waals surface area contributed by atoms with Crippen molar-refractivity contribution in [2.75, 3.05) is 0 Å². The Morgan fingerprint density at radius 3 is 1.13 bits per heavy atom.